The van der Waals surface area contributed by atoms with Crippen molar-refractivity contribution in [3.63, 3.8) is 0 Å². The van der Waals surface area contributed by atoms with Crippen molar-refractivity contribution in [1.29, 1.82) is 0 Å². The smallest absolute Gasteiger partial charge is 0.266 e. The topological polar surface area (TPSA) is 111 Å². The van der Waals surface area contributed by atoms with Gasteiger partial charge in [-0.1, -0.05) is 94.8 Å². The van der Waals surface area contributed by atoms with Crippen LogP contribution in [0.4, 0.5) is 0 Å². The highest BCUT2D eigenvalue weighted by Gasteiger charge is 2.50. The van der Waals surface area contributed by atoms with Gasteiger partial charge in [-0.25, -0.2) is 10.4 Å². The van der Waals surface area contributed by atoms with Crippen molar-refractivity contribution in [3.8, 4) is 17.2 Å². The zero-order valence-corrected chi connectivity index (χ0v) is 31.3. The summed E-state index contributed by atoms with van der Waals surface area (Å²) in [6.45, 7) is 3.67. The lowest BCUT2D eigenvalue weighted by atomic mass is 9.86. The van der Waals surface area contributed by atoms with Gasteiger partial charge in [-0.3, -0.25) is 10.2 Å². The summed E-state index contributed by atoms with van der Waals surface area (Å²) in [4.78, 5) is 19.1. The Balaban J connectivity index is 1.13. The minimum Gasteiger partial charge on any atom is -0.494 e. The number of rotatable bonds is 18. The molecule has 6 rings (SSSR count). The molecule has 0 radical (unpaired) electrons. The van der Waals surface area contributed by atoms with E-state index < -0.39 is 11.6 Å². The van der Waals surface area contributed by atoms with E-state index in [4.69, 9.17) is 29.0 Å². The van der Waals surface area contributed by atoms with Crippen molar-refractivity contribution in [2.75, 3.05) is 19.8 Å². The van der Waals surface area contributed by atoms with Crippen molar-refractivity contribution in [2.45, 2.75) is 51.0 Å². The first-order valence-electron chi connectivity index (χ1n) is 17.8. The highest BCUT2D eigenvalue weighted by Crippen LogP contribution is 2.34. The summed E-state index contributed by atoms with van der Waals surface area (Å²) < 4.78 is 25.4. The first-order chi connectivity index (χ1) is 25.9. The van der Waals surface area contributed by atoms with E-state index in [-0.39, 0.29) is 12.5 Å². The summed E-state index contributed by atoms with van der Waals surface area (Å²) in [6, 6.07) is 41.3. The van der Waals surface area contributed by atoms with Gasteiger partial charge in [0.2, 0.25) is 5.90 Å². The molecule has 1 aliphatic rings. The maximum absolute atomic E-state index is 14.1. The molecule has 2 atom stereocenters. The molecule has 53 heavy (non-hydrogen) atoms. The number of benzene rings is 5. The van der Waals surface area contributed by atoms with E-state index in [1.54, 1.807) is 0 Å². The lowest BCUT2D eigenvalue weighted by Crippen LogP contribution is -2.56. The lowest BCUT2D eigenvalue weighted by molar-refractivity contribution is -0.129. The fourth-order valence-corrected chi connectivity index (χ4v) is 6.19. The van der Waals surface area contributed by atoms with Gasteiger partial charge in [0.15, 0.2) is 17.0 Å². The van der Waals surface area contributed by atoms with Crippen LogP contribution in [-0.4, -0.2) is 48.3 Å². The second kappa shape index (κ2) is 18.6. The zero-order chi connectivity index (χ0) is 36.9. The predicted octanol–water partition coefficient (Wildman–Crippen LogP) is 7.38. The average molecular weight is 779 g/mol. The Labute approximate surface area is 319 Å². The Morgan fingerprint density at radius 2 is 1.43 bits per heavy atom. The summed E-state index contributed by atoms with van der Waals surface area (Å²) in [5.41, 5.74) is 9.70. The molecule has 0 spiro atoms. The predicted molar refractivity (Wildman–Crippen MR) is 209 cm³/mol. The van der Waals surface area contributed by atoms with E-state index >= 15 is 0 Å². The van der Waals surface area contributed by atoms with E-state index in [0.717, 1.165) is 32.3 Å². The molecule has 0 unspecified atom stereocenters. The molecule has 9 nitrogen and oxygen atoms in total. The van der Waals surface area contributed by atoms with Gasteiger partial charge in [0, 0.05) is 36.0 Å². The van der Waals surface area contributed by atoms with Crippen LogP contribution in [0.2, 0.25) is 0 Å². The number of aliphatic hydroxyl groups is 1. The van der Waals surface area contributed by atoms with Crippen LogP contribution in [-0.2, 0) is 35.6 Å². The van der Waals surface area contributed by atoms with E-state index in [2.05, 4.69) is 26.8 Å². The van der Waals surface area contributed by atoms with Gasteiger partial charge in [-0.05, 0) is 84.1 Å². The number of amides is 1. The number of hydrogen-bond acceptors (Lipinski definition) is 8. The molecule has 0 fully saturated rings. The quantitative estimate of drug-likeness (QED) is 0.0630. The molecule has 3 N–H and O–H groups in total. The molecular weight excluding hydrogens is 734 g/mol. The lowest BCUT2D eigenvalue weighted by Gasteiger charge is -2.28. The summed E-state index contributed by atoms with van der Waals surface area (Å²) in [7, 11) is 0. The Kier molecular flexibility index (Phi) is 13.2. The fraction of sp³-hybridized carbons (Fsp3) is 0.256. The Bertz CT molecular complexity index is 1940. The van der Waals surface area contributed by atoms with E-state index in [0.29, 0.717) is 68.8 Å². The van der Waals surface area contributed by atoms with Crippen molar-refractivity contribution < 1.29 is 28.8 Å². The normalized spacial score (nSPS) is 16.4. The summed E-state index contributed by atoms with van der Waals surface area (Å²) in [5.74, 6) is 2.11. The molecule has 0 aliphatic carbocycles. The molecule has 1 heterocycles. The number of aliphatic hydroxyl groups excluding tert-OH is 1. The first-order valence-corrected chi connectivity index (χ1v) is 18.6. The van der Waals surface area contributed by atoms with Crippen LogP contribution < -0.4 is 25.1 Å². The molecule has 0 saturated heterocycles. The molecule has 0 saturated carbocycles. The molecule has 1 aliphatic heterocycles. The van der Waals surface area contributed by atoms with Gasteiger partial charge in [0.05, 0.1) is 6.61 Å². The van der Waals surface area contributed by atoms with Gasteiger partial charge in [-0.2, -0.15) is 0 Å². The standard InChI is InChI=1S/C43H44BrN3O6/c1-31-43(28-33-13-18-37(44)19-14-33,46-41(53-31)36-16-20-38(21-17-36)50-26-8-25-48)42(49)47-45-24-23-32-15-22-39(51-29-34-9-4-2-5-10-34)40(27-32)52-30-35-11-6-3-7-12-35/h2-7,9-22,27,31,45,48H,8,23-26,28-30H2,1H3,(H,47,49)/t31-,43-/m0/s1. The third-order valence-corrected chi connectivity index (χ3v) is 9.47. The minimum absolute atomic E-state index is 0.0706. The summed E-state index contributed by atoms with van der Waals surface area (Å²) in [5, 5.41) is 9.05. The van der Waals surface area contributed by atoms with Crippen molar-refractivity contribution in [3.05, 3.63) is 160 Å². The van der Waals surface area contributed by atoms with Crippen molar-refractivity contribution in [2.24, 2.45) is 4.99 Å². The summed E-state index contributed by atoms with van der Waals surface area (Å²) >= 11 is 3.51. The van der Waals surface area contributed by atoms with E-state index in [1.807, 2.05) is 134 Å². The van der Waals surface area contributed by atoms with Crippen LogP contribution in [0, 0.1) is 0 Å². The SMILES string of the molecule is C[C@@H]1OC(c2ccc(OCCCO)cc2)=N[C@]1(Cc1ccc(Br)cc1)C(=O)NNCCc1ccc(OCc2ccccc2)c(OCc2ccccc2)c1. The highest BCUT2D eigenvalue weighted by atomic mass is 79.9. The number of hydrogen-bond donors (Lipinski definition) is 3. The number of carbonyl (C=O) groups is 1. The molecule has 1 amide bonds. The number of aliphatic imine (C=N–C) groups is 1. The number of nitrogens with one attached hydrogen (secondary N) is 2. The van der Waals surface area contributed by atoms with Gasteiger partial charge in [-0.15, -0.1) is 0 Å². The van der Waals surface area contributed by atoms with Gasteiger partial charge < -0.3 is 24.1 Å². The molecule has 0 aromatic heterocycles. The Hall–Kier alpha value is -5.16. The first kappa shape index (κ1) is 37.6. The number of ether oxygens (including phenoxy) is 4. The van der Waals surface area contributed by atoms with Gasteiger partial charge >= 0.3 is 0 Å². The third kappa shape index (κ3) is 10.3. The van der Waals surface area contributed by atoms with Crippen LogP contribution in [0.1, 0.15) is 41.2 Å². The maximum atomic E-state index is 14.1. The van der Waals surface area contributed by atoms with E-state index in [1.165, 1.54) is 0 Å². The number of carbonyl (C=O) groups excluding carboxylic acids is 1. The largest absolute Gasteiger partial charge is 0.494 e. The Morgan fingerprint density at radius 1 is 0.792 bits per heavy atom. The maximum Gasteiger partial charge on any atom is 0.266 e. The molecule has 5 aromatic carbocycles. The number of nitrogens with zero attached hydrogens (tertiary/aromatic N) is 1. The third-order valence-electron chi connectivity index (χ3n) is 8.94. The van der Waals surface area contributed by atoms with E-state index in [9.17, 15) is 4.79 Å². The van der Waals surface area contributed by atoms with Crippen LogP contribution in [0.25, 0.3) is 0 Å². The number of hydrazine groups is 1. The minimum atomic E-state index is -1.22. The van der Waals surface area contributed by atoms with Crippen LogP contribution in [0.5, 0.6) is 17.2 Å². The van der Waals surface area contributed by atoms with Crippen LogP contribution in [0.3, 0.4) is 0 Å². The fourth-order valence-electron chi connectivity index (χ4n) is 5.93. The zero-order valence-electron chi connectivity index (χ0n) is 29.7. The molecule has 274 valence electrons. The second-order valence-electron chi connectivity index (χ2n) is 12.8. The molecule has 0 bridgehead atoms. The van der Waals surface area contributed by atoms with Crippen molar-refractivity contribution >= 4 is 27.7 Å². The monoisotopic (exact) mass is 777 g/mol. The summed E-state index contributed by atoms with van der Waals surface area (Å²) in [6.07, 6.45) is 0.967. The molecule has 10 heteroatoms. The van der Waals surface area contributed by atoms with Gasteiger partial charge in [0.25, 0.3) is 5.91 Å². The highest BCUT2D eigenvalue weighted by molar-refractivity contribution is 9.10. The molecular formula is C43H44BrN3O6. The molecule has 5 aromatic rings. The second-order valence-corrected chi connectivity index (χ2v) is 13.7. The Morgan fingerprint density at radius 3 is 2.09 bits per heavy atom. The average Bonchev–Trinajstić information content (AvgIpc) is 3.53. The van der Waals surface area contributed by atoms with Crippen LogP contribution in [0.15, 0.2) is 137 Å². The van der Waals surface area contributed by atoms with Gasteiger partial charge in [0.1, 0.15) is 25.1 Å². The van der Waals surface area contributed by atoms with Crippen LogP contribution >= 0.6 is 15.9 Å². The van der Waals surface area contributed by atoms with Crippen molar-refractivity contribution in [1.82, 2.24) is 10.9 Å². The number of halogens is 1.